The van der Waals surface area contributed by atoms with E-state index in [-0.39, 0.29) is 11.7 Å². The van der Waals surface area contributed by atoms with E-state index in [0.29, 0.717) is 40.8 Å². The van der Waals surface area contributed by atoms with Crippen molar-refractivity contribution in [2.75, 3.05) is 19.0 Å². The predicted molar refractivity (Wildman–Crippen MR) is 149 cm³/mol. The number of hydrogen-bond acceptors (Lipinski definition) is 6. The lowest BCUT2D eigenvalue weighted by atomic mass is 10.0. The number of carboxylic acids is 1. The number of carbonyl (C=O) groups is 2. The van der Waals surface area contributed by atoms with Gasteiger partial charge in [0.15, 0.2) is 0 Å². The lowest BCUT2D eigenvalue weighted by Gasteiger charge is -2.11. The molecule has 0 bridgehead atoms. The first-order valence-corrected chi connectivity index (χ1v) is 13.0. The maximum absolute atomic E-state index is 12.8. The van der Waals surface area contributed by atoms with Gasteiger partial charge in [0, 0.05) is 35.2 Å². The summed E-state index contributed by atoms with van der Waals surface area (Å²) in [6, 6.07) is 18.3. The third-order valence-corrected chi connectivity index (χ3v) is 6.94. The van der Waals surface area contributed by atoms with Crippen LogP contribution in [0.1, 0.15) is 35.8 Å². The number of carboxylic acid groups (broad SMARTS) is 1. The van der Waals surface area contributed by atoms with Gasteiger partial charge in [0.05, 0.1) is 18.8 Å². The Bertz CT molecular complexity index is 1620. The molecule has 3 N–H and O–H groups in total. The van der Waals surface area contributed by atoms with Crippen LogP contribution < -0.4 is 15.4 Å². The second-order valence-corrected chi connectivity index (χ2v) is 9.43. The molecular weight excluding hydrogens is 502 g/mol. The van der Waals surface area contributed by atoms with Crippen LogP contribution in [0.2, 0.25) is 0 Å². The fourth-order valence-electron chi connectivity index (χ4n) is 4.52. The van der Waals surface area contributed by atoms with Gasteiger partial charge in [-0.15, -0.1) is 0 Å². The second-order valence-electron chi connectivity index (χ2n) is 8.90. The molecule has 0 aliphatic carbocycles. The summed E-state index contributed by atoms with van der Waals surface area (Å²) in [5.74, 6) is -0.323. The van der Waals surface area contributed by atoms with E-state index in [4.69, 9.17) is 4.74 Å². The fourth-order valence-corrected chi connectivity index (χ4v) is 5.03. The molecule has 2 amide bonds. The zero-order valence-corrected chi connectivity index (χ0v) is 21.8. The van der Waals surface area contributed by atoms with Crippen molar-refractivity contribution in [2.45, 2.75) is 26.3 Å². The van der Waals surface area contributed by atoms with Crippen molar-refractivity contribution in [2.24, 2.45) is 0 Å². The summed E-state index contributed by atoms with van der Waals surface area (Å²) < 4.78 is 15.7. The van der Waals surface area contributed by atoms with E-state index in [1.54, 1.807) is 17.7 Å². The highest BCUT2D eigenvalue weighted by Gasteiger charge is 2.25. The van der Waals surface area contributed by atoms with Crippen molar-refractivity contribution < 1.29 is 19.4 Å². The van der Waals surface area contributed by atoms with Gasteiger partial charge in [-0.2, -0.15) is 8.75 Å². The van der Waals surface area contributed by atoms with E-state index in [2.05, 4.69) is 26.3 Å². The van der Waals surface area contributed by atoms with E-state index >= 15 is 0 Å². The maximum Gasteiger partial charge on any atom is 0.353 e. The molecule has 0 aliphatic rings. The average Bonchev–Trinajstić information content (AvgIpc) is 3.51. The van der Waals surface area contributed by atoms with Crippen molar-refractivity contribution in [3.63, 3.8) is 0 Å². The Hall–Kier alpha value is -4.44. The molecule has 9 nitrogen and oxygen atoms in total. The summed E-state index contributed by atoms with van der Waals surface area (Å²) in [6.07, 6.45) is 1.87. The number of methoxy groups -OCH3 is 1. The SMILES string of the molecule is CCCCNC(=O)Nc1ccc2c(c1)c(-c1ccc3nsnc3c1)c(C(=O)O)n2Cc1ccc(OC)cc1. The lowest BCUT2D eigenvalue weighted by molar-refractivity contribution is 0.0687. The van der Waals surface area contributed by atoms with Gasteiger partial charge in [-0.3, -0.25) is 0 Å². The molecule has 2 heterocycles. The number of benzene rings is 3. The van der Waals surface area contributed by atoms with E-state index in [1.165, 1.54) is 0 Å². The van der Waals surface area contributed by atoms with Crippen molar-refractivity contribution in [1.82, 2.24) is 18.6 Å². The van der Waals surface area contributed by atoms with Gasteiger partial charge in [-0.1, -0.05) is 31.5 Å². The Kier molecular flexibility index (Phi) is 7.23. The predicted octanol–water partition coefficient (Wildman–Crippen LogP) is 5.99. The third kappa shape index (κ3) is 5.03. The van der Waals surface area contributed by atoms with Crippen LogP contribution in [0.15, 0.2) is 60.7 Å². The summed E-state index contributed by atoms with van der Waals surface area (Å²) in [5, 5.41) is 16.9. The number of aromatic nitrogens is 3. The number of unbranched alkanes of at least 4 members (excludes halogenated alkanes) is 1. The van der Waals surface area contributed by atoms with Crippen molar-refractivity contribution in [3.8, 4) is 16.9 Å². The Morgan fingerprint density at radius 1 is 1.03 bits per heavy atom. The summed E-state index contributed by atoms with van der Waals surface area (Å²) in [7, 11) is 1.60. The quantitative estimate of drug-likeness (QED) is 0.202. The number of fused-ring (bicyclic) bond motifs is 2. The molecule has 10 heteroatoms. The molecule has 0 atom stereocenters. The lowest BCUT2D eigenvalue weighted by Crippen LogP contribution is -2.29. The molecule has 0 spiro atoms. The smallest absolute Gasteiger partial charge is 0.353 e. The molecule has 0 saturated carbocycles. The molecule has 5 rings (SSSR count). The van der Waals surface area contributed by atoms with Crippen LogP contribution in [0.4, 0.5) is 10.5 Å². The molecule has 0 saturated heterocycles. The Balaban J connectivity index is 1.65. The molecule has 194 valence electrons. The number of anilines is 1. The zero-order chi connectivity index (χ0) is 26.6. The Labute approximate surface area is 223 Å². The summed E-state index contributed by atoms with van der Waals surface area (Å²) >= 11 is 1.11. The first-order chi connectivity index (χ1) is 18.5. The number of carbonyl (C=O) groups excluding carboxylic acids is 1. The molecule has 5 aromatic rings. The number of amides is 2. The zero-order valence-electron chi connectivity index (χ0n) is 21.0. The van der Waals surface area contributed by atoms with E-state index in [1.807, 2.05) is 54.6 Å². The van der Waals surface area contributed by atoms with Crippen LogP contribution in [0.25, 0.3) is 33.1 Å². The fraction of sp³-hybridized carbons (Fsp3) is 0.214. The van der Waals surface area contributed by atoms with Crippen LogP contribution in [-0.2, 0) is 6.54 Å². The number of urea groups is 1. The van der Waals surface area contributed by atoms with Crippen LogP contribution >= 0.6 is 11.7 Å². The van der Waals surface area contributed by atoms with Crippen molar-refractivity contribution in [3.05, 3.63) is 71.9 Å². The third-order valence-electron chi connectivity index (χ3n) is 6.38. The summed E-state index contributed by atoms with van der Waals surface area (Å²) in [6.45, 7) is 2.98. The Morgan fingerprint density at radius 3 is 2.55 bits per heavy atom. The summed E-state index contributed by atoms with van der Waals surface area (Å²) in [5.41, 5.74) is 5.12. The maximum atomic E-state index is 12.8. The van der Waals surface area contributed by atoms with E-state index in [9.17, 15) is 14.7 Å². The van der Waals surface area contributed by atoms with Gasteiger partial charge in [-0.05, 0) is 60.0 Å². The highest BCUT2D eigenvalue weighted by atomic mass is 32.1. The number of nitrogens with zero attached hydrogens (tertiary/aromatic N) is 3. The van der Waals surface area contributed by atoms with Gasteiger partial charge in [-0.25, -0.2) is 9.59 Å². The molecule has 0 unspecified atom stereocenters. The standard InChI is InChI=1S/C28H27N5O4S/c1-3-4-13-29-28(36)30-19-8-12-24-21(15-19)25(18-7-11-22-23(14-18)32-38-31-22)26(27(34)35)33(24)16-17-5-9-20(37-2)10-6-17/h5-12,14-15H,3-4,13,16H2,1-2H3,(H,34,35)(H2,29,30,36). The van der Waals surface area contributed by atoms with Gasteiger partial charge < -0.3 is 25.0 Å². The number of rotatable bonds is 9. The topological polar surface area (TPSA) is 118 Å². The van der Waals surface area contributed by atoms with E-state index < -0.39 is 5.97 Å². The van der Waals surface area contributed by atoms with Gasteiger partial charge in [0.1, 0.15) is 22.5 Å². The highest BCUT2D eigenvalue weighted by Crippen LogP contribution is 2.38. The molecule has 2 aromatic heterocycles. The number of hydrogen-bond donors (Lipinski definition) is 3. The summed E-state index contributed by atoms with van der Waals surface area (Å²) in [4.78, 5) is 25.2. The van der Waals surface area contributed by atoms with Gasteiger partial charge in [0.25, 0.3) is 0 Å². The normalized spacial score (nSPS) is 11.1. The number of nitrogens with one attached hydrogen (secondary N) is 2. The molecule has 0 aliphatic heterocycles. The van der Waals surface area contributed by atoms with Gasteiger partial charge in [0.2, 0.25) is 0 Å². The Morgan fingerprint density at radius 2 is 1.82 bits per heavy atom. The molecule has 0 radical (unpaired) electrons. The molecule has 0 fully saturated rings. The second kappa shape index (κ2) is 10.9. The molecule has 38 heavy (non-hydrogen) atoms. The number of aromatic carboxylic acids is 1. The minimum Gasteiger partial charge on any atom is -0.497 e. The van der Waals surface area contributed by atoms with Crippen LogP contribution in [0.5, 0.6) is 5.75 Å². The molecular formula is C28H27N5O4S. The average molecular weight is 530 g/mol. The first-order valence-electron chi connectivity index (χ1n) is 12.3. The van der Waals surface area contributed by atoms with Crippen molar-refractivity contribution >= 4 is 51.4 Å². The van der Waals surface area contributed by atoms with Crippen LogP contribution in [0, 0.1) is 0 Å². The first kappa shape index (κ1) is 25.2. The van der Waals surface area contributed by atoms with E-state index in [0.717, 1.165) is 46.9 Å². The largest absolute Gasteiger partial charge is 0.497 e. The minimum absolute atomic E-state index is 0.155. The number of ether oxygens (including phenoxy) is 1. The monoisotopic (exact) mass is 529 g/mol. The van der Waals surface area contributed by atoms with Gasteiger partial charge >= 0.3 is 12.0 Å². The molecule has 3 aromatic carbocycles. The van der Waals surface area contributed by atoms with Crippen LogP contribution in [-0.4, -0.2) is 44.1 Å². The van der Waals surface area contributed by atoms with Crippen LogP contribution in [0.3, 0.4) is 0 Å². The highest BCUT2D eigenvalue weighted by molar-refractivity contribution is 7.00. The minimum atomic E-state index is -1.05. The van der Waals surface area contributed by atoms with Crippen molar-refractivity contribution in [1.29, 1.82) is 0 Å².